The molecule has 0 unspecified atom stereocenters. The summed E-state index contributed by atoms with van der Waals surface area (Å²) >= 11 is 1.28. The largest absolute Gasteiger partial charge is 0.325 e. The molecule has 4 aromatic rings. The SMILES string of the molecule is Cc1ccc2nc(SCC(=O)Nc3cccc4ccccc34)c(C#N)cc2c1. The summed E-state index contributed by atoms with van der Waals surface area (Å²) in [6, 6.07) is 23.7. The highest BCUT2D eigenvalue weighted by molar-refractivity contribution is 8.00. The average Bonchev–Trinajstić information content (AvgIpc) is 2.72. The molecule has 0 aliphatic carbocycles. The predicted octanol–water partition coefficient (Wildman–Crippen LogP) is 5.30. The van der Waals surface area contributed by atoms with Gasteiger partial charge in [0.05, 0.1) is 16.8 Å². The Hall–Kier alpha value is -3.36. The molecule has 0 aliphatic rings. The molecule has 0 atom stereocenters. The predicted molar refractivity (Wildman–Crippen MR) is 114 cm³/mol. The van der Waals surface area contributed by atoms with E-state index in [2.05, 4.69) is 16.4 Å². The van der Waals surface area contributed by atoms with Crippen LogP contribution in [0.3, 0.4) is 0 Å². The van der Waals surface area contributed by atoms with Crippen molar-refractivity contribution in [3.05, 3.63) is 77.9 Å². The molecule has 1 N–H and O–H groups in total. The highest BCUT2D eigenvalue weighted by Gasteiger charge is 2.11. The number of amides is 1. The van der Waals surface area contributed by atoms with Gasteiger partial charge in [-0.3, -0.25) is 4.79 Å². The Morgan fingerprint density at radius 2 is 1.89 bits per heavy atom. The Labute approximate surface area is 167 Å². The number of nitriles is 1. The van der Waals surface area contributed by atoms with Crippen LogP contribution < -0.4 is 5.32 Å². The van der Waals surface area contributed by atoms with Gasteiger partial charge in [-0.05, 0) is 36.6 Å². The summed E-state index contributed by atoms with van der Waals surface area (Å²) in [6.45, 7) is 2.01. The molecule has 0 bridgehead atoms. The van der Waals surface area contributed by atoms with Gasteiger partial charge in [0, 0.05) is 16.5 Å². The van der Waals surface area contributed by atoms with Gasteiger partial charge in [-0.25, -0.2) is 4.98 Å². The smallest absolute Gasteiger partial charge is 0.234 e. The van der Waals surface area contributed by atoms with Gasteiger partial charge in [0.1, 0.15) is 11.1 Å². The molecule has 1 aromatic heterocycles. The molecule has 3 aromatic carbocycles. The second kappa shape index (κ2) is 7.71. The Morgan fingerprint density at radius 1 is 1.07 bits per heavy atom. The Morgan fingerprint density at radius 3 is 2.75 bits per heavy atom. The second-order valence-corrected chi connectivity index (χ2v) is 7.48. The lowest BCUT2D eigenvalue weighted by Gasteiger charge is -2.09. The van der Waals surface area contributed by atoms with Gasteiger partial charge in [-0.15, -0.1) is 0 Å². The summed E-state index contributed by atoms with van der Waals surface area (Å²) in [6.07, 6.45) is 0. The molecule has 136 valence electrons. The van der Waals surface area contributed by atoms with Crippen molar-refractivity contribution in [3.8, 4) is 6.07 Å². The topological polar surface area (TPSA) is 65.8 Å². The van der Waals surface area contributed by atoms with Crippen LogP contribution >= 0.6 is 11.8 Å². The molecule has 0 aliphatic heterocycles. The summed E-state index contributed by atoms with van der Waals surface area (Å²) in [5.74, 6) is 0.0541. The quantitative estimate of drug-likeness (QED) is 0.486. The van der Waals surface area contributed by atoms with E-state index < -0.39 is 0 Å². The summed E-state index contributed by atoms with van der Waals surface area (Å²) in [5.41, 5.74) is 3.21. The molecule has 0 spiro atoms. The number of nitrogens with zero attached hydrogens (tertiary/aromatic N) is 2. The van der Waals surface area contributed by atoms with Crippen LogP contribution in [0.2, 0.25) is 0 Å². The zero-order valence-electron chi connectivity index (χ0n) is 15.3. The lowest BCUT2D eigenvalue weighted by atomic mass is 10.1. The number of thioether (sulfide) groups is 1. The first-order chi connectivity index (χ1) is 13.6. The number of aromatic nitrogens is 1. The number of carbonyl (C=O) groups excluding carboxylic acids is 1. The first kappa shape index (κ1) is 18.0. The van der Waals surface area contributed by atoms with E-state index in [-0.39, 0.29) is 11.7 Å². The van der Waals surface area contributed by atoms with Gasteiger partial charge in [0.2, 0.25) is 5.91 Å². The van der Waals surface area contributed by atoms with E-state index in [1.807, 2.05) is 73.7 Å². The van der Waals surface area contributed by atoms with Gasteiger partial charge in [0.25, 0.3) is 0 Å². The average molecular weight is 383 g/mol. The first-order valence-corrected chi connectivity index (χ1v) is 9.84. The van der Waals surface area contributed by atoms with Gasteiger partial charge in [-0.2, -0.15) is 5.26 Å². The zero-order chi connectivity index (χ0) is 19.5. The highest BCUT2D eigenvalue weighted by atomic mass is 32.2. The summed E-state index contributed by atoms with van der Waals surface area (Å²) in [5, 5.41) is 16.0. The summed E-state index contributed by atoms with van der Waals surface area (Å²) in [4.78, 5) is 17.1. The highest BCUT2D eigenvalue weighted by Crippen LogP contribution is 2.26. The molecular formula is C23H17N3OS. The van der Waals surface area contributed by atoms with Gasteiger partial charge >= 0.3 is 0 Å². The maximum Gasteiger partial charge on any atom is 0.234 e. The third-order valence-corrected chi connectivity index (χ3v) is 5.45. The lowest BCUT2D eigenvalue weighted by molar-refractivity contribution is -0.113. The van der Waals surface area contributed by atoms with Crippen molar-refractivity contribution in [2.24, 2.45) is 0 Å². The minimum atomic E-state index is -0.129. The number of nitrogens with one attached hydrogen (secondary N) is 1. The number of fused-ring (bicyclic) bond motifs is 2. The fourth-order valence-corrected chi connectivity index (χ4v) is 3.89. The van der Waals surface area contributed by atoms with E-state index in [0.717, 1.165) is 32.9 Å². The number of hydrogen-bond acceptors (Lipinski definition) is 4. The molecule has 1 heterocycles. The Bertz CT molecular complexity index is 1240. The van der Waals surface area contributed by atoms with Crippen LogP contribution in [0, 0.1) is 18.3 Å². The number of hydrogen-bond donors (Lipinski definition) is 1. The Kier molecular flexibility index (Phi) is 4.96. The van der Waals surface area contributed by atoms with Crippen LogP contribution in [0.15, 0.2) is 71.8 Å². The minimum Gasteiger partial charge on any atom is -0.325 e. The van der Waals surface area contributed by atoms with Crippen LogP contribution in [0.1, 0.15) is 11.1 Å². The monoisotopic (exact) mass is 383 g/mol. The lowest BCUT2D eigenvalue weighted by Crippen LogP contribution is -2.14. The van der Waals surface area contributed by atoms with Crippen molar-refractivity contribution in [2.45, 2.75) is 11.9 Å². The van der Waals surface area contributed by atoms with Crippen molar-refractivity contribution in [3.63, 3.8) is 0 Å². The normalized spacial score (nSPS) is 10.7. The van der Waals surface area contributed by atoms with E-state index in [4.69, 9.17) is 0 Å². The minimum absolute atomic E-state index is 0.129. The number of anilines is 1. The molecule has 4 rings (SSSR count). The number of benzene rings is 3. The molecule has 0 fully saturated rings. The van der Waals surface area contributed by atoms with E-state index in [0.29, 0.717) is 10.6 Å². The molecule has 0 radical (unpaired) electrons. The number of rotatable bonds is 4. The fourth-order valence-electron chi connectivity index (χ4n) is 3.12. The van der Waals surface area contributed by atoms with Gasteiger partial charge in [0.15, 0.2) is 0 Å². The Balaban J connectivity index is 1.53. The van der Waals surface area contributed by atoms with Crippen molar-refractivity contribution >= 4 is 45.0 Å². The number of aryl methyl sites for hydroxylation is 1. The molecule has 4 nitrogen and oxygen atoms in total. The van der Waals surface area contributed by atoms with Crippen LogP contribution in [-0.4, -0.2) is 16.6 Å². The fraction of sp³-hybridized carbons (Fsp3) is 0.0870. The molecule has 0 saturated heterocycles. The molecule has 5 heteroatoms. The first-order valence-electron chi connectivity index (χ1n) is 8.86. The zero-order valence-corrected chi connectivity index (χ0v) is 16.1. The number of pyridine rings is 1. The van der Waals surface area contributed by atoms with E-state index in [1.54, 1.807) is 0 Å². The third-order valence-electron chi connectivity index (χ3n) is 4.46. The number of carbonyl (C=O) groups is 1. The second-order valence-electron chi connectivity index (χ2n) is 6.51. The van der Waals surface area contributed by atoms with Crippen LogP contribution in [0.4, 0.5) is 5.69 Å². The maximum atomic E-state index is 12.5. The van der Waals surface area contributed by atoms with Crippen molar-refractivity contribution in [2.75, 3.05) is 11.1 Å². The summed E-state index contributed by atoms with van der Waals surface area (Å²) in [7, 11) is 0. The molecular weight excluding hydrogens is 366 g/mol. The third kappa shape index (κ3) is 3.68. The molecule has 1 amide bonds. The van der Waals surface area contributed by atoms with Crippen molar-refractivity contribution in [1.82, 2.24) is 4.98 Å². The van der Waals surface area contributed by atoms with E-state index in [9.17, 15) is 10.1 Å². The van der Waals surface area contributed by atoms with Crippen LogP contribution in [0.5, 0.6) is 0 Å². The van der Waals surface area contributed by atoms with Gasteiger partial charge < -0.3 is 5.32 Å². The maximum absolute atomic E-state index is 12.5. The summed E-state index contributed by atoms with van der Waals surface area (Å²) < 4.78 is 0. The van der Waals surface area contributed by atoms with E-state index >= 15 is 0 Å². The van der Waals surface area contributed by atoms with Crippen LogP contribution in [0.25, 0.3) is 21.7 Å². The van der Waals surface area contributed by atoms with Gasteiger partial charge in [-0.1, -0.05) is 59.8 Å². The van der Waals surface area contributed by atoms with Crippen molar-refractivity contribution < 1.29 is 4.79 Å². The molecule has 28 heavy (non-hydrogen) atoms. The molecule has 0 saturated carbocycles. The van der Waals surface area contributed by atoms with Crippen LogP contribution in [-0.2, 0) is 4.79 Å². The van der Waals surface area contributed by atoms with Crippen molar-refractivity contribution in [1.29, 1.82) is 5.26 Å². The van der Waals surface area contributed by atoms with E-state index in [1.165, 1.54) is 11.8 Å². The standard InChI is InChI=1S/C23H17N3OS/c1-15-9-10-20-17(11-15)12-18(13-24)23(26-20)28-14-22(27)25-21-8-4-6-16-5-2-3-7-19(16)21/h2-12H,14H2,1H3,(H,25,27).